The van der Waals surface area contributed by atoms with Crippen molar-refractivity contribution in [1.29, 1.82) is 0 Å². The summed E-state index contributed by atoms with van der Waals surface area (Å²) in [5, 5.41) is 3.29. The van der Waals surface area contributed by atoms with Crippen LogP contribution in [0.15, 0.2) is 4.47 Å². The molecule has 0 spiro atoms. The molecule has 0 saturated heterocycles. The minimum Gasteiger partial charge on any atom is -0.369 e. The molecule has 0 bridgehead atoms. The van der Waals surface area contributed by atoms with Crippen LogP contribution in [0, 0.1) is 0 Å². The molecule has 0 unspecified atom stereocenters. The van der Waals surface area contributed by atoms with E-state index < -0.39 is 0 Å². The molecule has 1 aliphatic carbocycles. The van der Waals surface area contributed by atoms with Gasteiger partial charge in [-0.3, -0.25) is 0 Å². The highest BCUT2D eigenvalue weighted by molar-refractivity contribution is 9.10. The summed E-state index contributed by atoms with van der Waals surface area (Å²) in [7, 11) is 0. The molecule has 1 aliphatic rings. The number of anilines is 1. The fourth-order valence-corrected chi connectivity index (χ4v) is 2.29. The molecule has 1 N–H and O–H groups in total. The Labute approximate surface area is 105 Å². The zero-order valence-corrected chi connectivity index (χ0v) is 11.7. The maximum absolute atomic E-state index is 4.67. The lowest BCUT2D eigenvalue weighted by atomic mass is 10.1. The van der Waals surface area contributed by atoms with Crippen molar-refractivity contribution >= 4 is 21.7 Å². The summed E-state index contributed by atoms with van der Waals surface area (Å²) in [4.78, 5) is 9.30. The second-order valence-corrected chi connectivity index (χ2v) is 5.39. The normalized spacial score (nSPS) is 17.2. The molecule has 0 amide bonds. The summed E-state index contributed by atoms with van der Waals surface area (Å²) in [6.07, 6.45) is 3.36. The van der Waals surface area contributed by atoms with Crippen molar-refractivity contribution in [1.82, 2.24) is 9.97 Å². The summed E-state index contributed by atoms with van der Waals surface area (Å²) < 4.78 is 1.02. The van der Waals surface area contributed by atoms with Crippen molar-refractivity contribution in [3.8, 4) is 0 Å². The highest BCUT2D eigenvalue weighted by Gasteiger charge is 2.42. The predicted molar refractivity (Wildman–Crippen MR) is 69.9 cm³/mol. The van der Waals surface area contributed by atoms with Crippen molar-refractivity contribution in [2.45, 2.75) is 45.4 Å². The highest BCUT2D eigenvalue weighted by Crippen LogP contribution is 2.46. The standard InChI is InChI=1S/C12H18BrN3/c1-4-8-9(13)10(14-5-2)16-11(15-8)12(3)6-7-12/h4-7H2,1-3H3,(H,14,15,16). The van der Waals surface area contributed by atoms with E-state index in [9.17, 15) is 0 Å². The SMILES string of the molecule is CCNc1nc(C2(C)CC2)nc(CC)c1Br. The summed E-state index contributed by atoms with van der Waals surface area (Å²) in [5.74, 6) is 1.95. The van der Waals surface area contributed by atoms with E-state index in [4.69, 9.17) is 0 Å². The largest absolute Gasteiger partial charge is 0.369 e. The van der Waals surface area contributed by atoms with E-state index in [0.29, 0.717) is 0 Å². The summed E-state index contributed by atoms with van der Waals surface area (Å²) in [6, 6.07) is 0. The minimum absolute atomic E-state index is 0.231. The van der Waals surface area contributed by atoms with E-state index in [1.807, 2.05) is 0 Å². The number of hydrogen-bond acceptors (Lipinski definition) is 3. The van der Waals surface area contributed by atoms with Gasteiger partial charge in [-0.1, -0.05) is 13.8 Å². The van der Waals surface area contributed by atoms with E-state index >= 15 is 0 Å². The van der Waals surface area contributed by atoms with Crippen LogP contribution >= 0.6 is 15.9 Å². The lowest BCUT2D eigenvalue weighted by molar-refractivity contribution is 0.697. The number of rotatable bonds is 4. The van der Waals surface area contributed by atoms with Gasteiger partial charge >= 0.3 is 0 Å². The monoisotopic (exact) mass is 283 g/mol. The van der Waals surface area contributed by atoms with Crippen LogP contribution in [-0.4, -0.2) is 16.5 Å². The fourth-order valence-electron chi connectivity index (χ4n) is 1.69. The van der Waals surface area contributed by atoms with E-state index in [1.165, 1.54) is 12.8 Å². The Kier molecular flexibility index (Phi) is 3.19. The van der Waals surface area contributed by atoms with Crippen LogP contribution in [-0.2, 0) is 11.8 Å². The first kappa shape index (κ1) is 11.8. The first-order chi connectivity index (χ1) is 7.60. The van der Waals surface area contributed by atoms with Crippen molar-refractivity contribution in [3.05, 3.63) is 16.0 Å². The quantitative estimate of drug-likeness (QED) is 0.922. The molecule has 1 aromatic heterocycles. The summed E-state index contributed by atoms with van der Waals surface area (Å²) in [5.41, 5.74) is 1.34. The maximum Gasteiger partial charge on any atom is 0.144 e. The molecule has 2 rings (SSSR count). The Morgan fingerprint density at radius 1 is 1.31 bits per heavy atom. The average molecular weight is 284 g/mol. The molecule has 1 saturated carbocycles. The molecule has 0 radical (unpaired) electrons. The van der Waals surface area contributed by atoms with E-state index in [0.717, 1.165) is 34.8 Å². The Hall–Kier alpha value is -0.640. The molecule has 1 fully saturated rings. The Bertz CT molecular complexity index is 399. The second kappa shape index (κ2) is 4.32. The Morgan fingerprint density at radius 3 is 2.50 bits per heavy atom. The van der Waals surface area contributed by atoms with Crippen LogP contribution in [0.25, 0.3) is 0 Å². The number of hydrogen-bond donors (Lipinski definition) is 1. The van der Waals surface area contributed by atoms with Gasteiger partial charge in [0.1, 0.15) is 11.6 Å². The van der Waals surface area contributed by atoms with Crippen molar-refractivity contribution in [2.24, 2.45) is 0 Å². The molecule has 1 aromatic rings. The van der Waals surface area contributed by atoms with Crippen LogP contribution in [0.1, 0.15) is 45.1 Å². The van der Waals surface area contributed by atoms with Gasteiger partial charge < -0.3 is 5.32 Å². The van der Waals surface area contributed by atoms with E-state index in [-0.39, 0.29) is 5.41 Å². The highest BCUT2D eigenvalue weighted by atomic mass is 79.9. The van der Waals surface area contributed by atoms with Crippen LogP contribution in [0.5, 0.6) is 0 Å². The van der Waals surface area contributed by atoms with Gasteiger partial charge in [0.05, 0.1) is 10.2 Å². The molecule has 0 atom stereocenters. The number of aromatic nitrogens is 2. The van der Waals surface area contributed by atoms with Crippen molar-refractivity contribution in [3.63, 3.8) is 0 Å². The number of halogens is 1. The van der Waals surface area contributed by atoms with Gasteiger partial charge in [-0.15, -0.1) is 0 Å². The van der Waals surface area contributed by atoms with Gasteiger partial charge in [0, 0.05) is 12.0 Å². The van der Waals surface area contributed by atoms with Gasteiger partial charge in [-0.05, 0) is 42.1 Å². The molecule has 0 aliphatic heterocycles. The van der Waals surface area contributed by atoms with Crippen LogP contribution in [0.3, 0.4) is 0 Å². The molecular formula is C12H18BrN3. The van der Waals surface area contributed by atoms with Crippen molar-refractivity contribution < 1.29 is 0 Å². The molecule has 3 nitrogen and oxygen atoms in total. The Morgan fingerprint density at radius 2 is 2.00 bits per heavy atom. The minimum atomic E-state index is 0.231. The first-order valence-corrected chi connectivity index (χ1v) is 6.70. The molecule has 1 heterocycles. The van der Waals surface area contributed by atoms with Crippen LogP contribution < -0.4 is 5.32 Å². The lowest BCUT2D eigenvalue weighted by Gasteiger charge is -2.14. The molecular weight excluding hydrogens is 266 g/mol. The van der Waals surface area contributed by atoms with Crippen molar-refractivity contribution in [2.75, 3.05) is 11.9 Å². The van der Waals surface area contributed by atoms with Gasteiger partial charge in [0.2, 0.25) is 0 Å². The Balaban J connectivity index is 2.44. The third-order valence-corrected chi connectivity index (χ3v) is 3.97. The van der Waals surface area contributed by atoms with Gasteiger partial charge in [-0.25, -0.2) is 9.97 Å². The van der Waals surface area contributed by atoms with Crippen LogP contribution in [0.2, 0.25) is 0 Å². The predicted octanol–water partition coefficient (Wildman–Crippen LogP) is 3.28. The number of aryl methyl sites for hydroxylation is 1. The zero-order chi connectivity index (χ0) is 11.8. The third kappa shape index (κ3) is 2.08. The average Bonchev–Trinajstić information content (AvgIpc) is 3.01. The second-order valence-electron chi connectivity index (χ2n) is 4.60. The fraction of sp³-hybridized carbons (Fsp3) is 0.667. The van der Waals surface area contributed by atoms with Gasteiger partial charge in [0.15, 0.2) is 0 Å². The number of nitrogens with zero attached hydrogens (tertiary/aromatic N) is 2. The summed E-state index contributed by atoms with van der Waals surface area (Å²) in [6.45, 7) is 7.33. The smallest absolute Gasteiger partial charge is 0.144 e. The first-order valence-electron chi connectivity index (χ1n) is 5.91. The zero-order valence-electron chi connectivity index (χ0n) is 10.1. The molecule has 88 valence electrons. The van der Waals surface area contributed by atoms with Gasteiger partial charge in [-0.2, -0.15) is 0 Å². The molecule has 4 heteroatoms. The lowest BCUT2D eigenvalue weighted by Crippen LogP contribution is -2.13. The van der Waals surface area contributed by atoms with E-state index in [1.54, 1.807) is 0 Å². The van der Waals surface area contributed by atoms with Crippen LogP contribution in [0.4, 0.5) is 5.82 Å². The maximum atomic E-state index is 4.67. The molecule has 0 aromatic carbocycles. The topological polar surface area (TPSA) is 37.8 Å². The molecule has 16 heavy (non-hydrogen) atoms. The van der Waals surface area contributed by atoms with Gasteiger partial charge in [0.25, 0.3) is 0 Å². The number of nitrogens with one attached hydrogen (secondary N) is 1. The third-order valence-electron chi connectivity index (χ3n) is 3.14. The van der Waals surface area contributed by atoms with E-state index in [2.05, 4.69) is 52.0 Å². The summed E-state index contributed by atoms with van der Waals surface area (Å²) >= 11 is 3.58.